The molecule has 25 heavy (non-hydrogen) atoms. The number of carbonyl (C=O) groups excluding carboxylic acids is 1. The third-order valence-corrected chi connectivity index (χ3v) is 4.26. The highest BCUT2D eigenvalue weighted by Gasteiger charge is 2.12. The molecule has 0 fully saturated rings. The van der Waals surface area contributed by atoms with Crippen molar-refractivity contribution in [2.45, 2.75) is 26.8 Å². The van der Waals surface area contributed by atoms with Crippen LogP contribution in [0.3, 0.4) is 0 Å². The first-order valence-electron chi connectivity index (χ1n) is 8.72. The number of rotatable bonds is 6. The van der Waals surface area contributed by atoms with E-state index in [9.17, 15) is 4.79 Å². The summed E-state index contributed by atoms with van der Waals surface area (Å²) in [4.78, 5) is 12.1. The molecule has 0 saturated heterocycles. The van der Waals surface area contributed by atoms with Crippen LogP contribution in [0.2, 0.25) is 0 Å². The summed E-state index contributed by atoms with van der Waals surface area (Å²) in [6, 6.07) is 18.7. The van der Waals surface area contributed by atoms with E-state index in [0.29, 0.717) is 18.6 Å². The van der Waals surface area contributed by atoms with Gasteiger partial charge in [-0.2, -0.15) is 0 Å². The quantitative estimate of drug-likeness (QED) is 0.467. The summed E-state index contributed by atoms with van der Waals surface area (Å²) in [6.45, 7) is 5.00. The van der Waals surface area contributed by atoms with Crippen LogP contribution in [0.15, 0.2) is 66.4 Å². The molecule has 0 aliphatic heterocycles. The fourth-order valence-corrected chi connectivity index (χ4v) is 3.02. The molecule has 0 aliphatic carbocycles. The zero-order valence-electron chi connectivity index (χ0n) is 14.7. The lowest BCUT2D eigenvalue weighted by Crippen LogP contribution is -2.06. The number of para-hydroxylation sites is 1. The van der Waals surface area contributed by atoms with Gasteiger partial charge in [0.25, 0.3) is 0 Å². The molecule has 0 bridgehead atoms. The second-order valence-corrected chi connectivity index (χ2v) is 5.96. The van der Waals surface area contributed by atoms with Gasteiger partial charge in [-0.1, -0.05) is 55.5 Å². The van der Waals surface area contributed by atoms with Crippen molar-refractivity contribution in [1.29, 1.82) is 0 Å². The normalized spacial score (nSPS) is 11.7. The maximum Gasteiger partial charge on any atom is 0.333 e. The Balaban J connectivity index is 2.03. The minimum Gasteiger partial charge on any atom is -0.463 e. The third-order valence-electron chi connectivity index (χ3n) is 4.26. The highest BCUT2D eigenvalue weighted by atomic mass is 16.5. The molecule has 0 radical (unpaired) electrons. The minimum absolute atomic E-state index is 0.232. The van der Waals surface area contributed by atoms with Gasteiger partial charge in [-0.15, -0.1) is 0 Å². The molecule has 3 rings (SSSR count). The van der Waals surface area contributed by atoms with E-state index in [1.54, 1.807) is 0 Å². The van der Waals surface area contributed by atoms with E-state index in [2.05, 4.69) is 47.2 Å². The Kier molecular flexibility index (Phi) is 5.34. The van der Waals surface area contributed by atoms with Crippen molar-refractivity contribution in [2.24, 2.45) is 0 Å². The Labute approximate surface area is 148 Å². The molecule has 0 spiro atoms. The van der Waals surface area contributed by atoms with Crippen molar-refractivity contribution < 1.29 is 9.53 Å². The Bertz CT molecular complexity index is 891. The van der Waals surface area contributed by atoms with Crippen LogP contribution in [-0.4, -0.2) is 17.1 Å². The lowest BCUT2D eigenvalue weighted by molar-refractivity contribution is -0.138. The molecule has 0 amide bonds. The van der Waals surface area contributed by atoms with Crippen molar-refractivity contribution in [3.63, 3.8) is 0 Å². The molecule has 0 aliphatic rings. The monoisotopic (exact) mass is 333 g/mol. The van der Waals surface area contributed by atoms with Gasteiger partial charge in [0.1, 0.15) is 0 Å². The maximum atomic E-state index is 12.1. The van der Waals surface area contributed by atoms with E-state index in [1.165, 1.54) is 5.56 Å². The lowest BCUT2D eigenvalue weighted by atomic mass is 10.1. The highest BCUT2D eigenvalue weighted by molar-refractivity contribution is 5.98. The van der Waals surface area contributed by atoms with Crippen LogP contribution in [0.25, 0.3) is 17.0 Å². The molecule has 2 aromatic carbocycles. The number of benzene rings is 2. The summed E-state index contributed by atoms with van der Waals surface area (Å²) in [5, 5.41) is 1.15. The van der Waals surface area contributed by atoms with Crippen LogP contribution in [0.5, 0.6) is 0 Å². The smallest absolute Gasteiger partial charge is 0.333 e. The van der Waals surface area contributed by atoms with Crippen LogP contribution in [0, 0.1) is 0 Å². The summed E-state index contributed by atoms with van der Waals surface area (Å²) < 4.78 is 7.40. The summed E-state index contributed by atoms with van der Waals surface area (Å²) in [5.74, 6) is -0.232. The molecule has 1 aromatic heterocycles. The van der Waals surface area contributed by atoms with Crippen LogP contribution < -0.4 is 0 Å². The maximum absolute atomic E-state index is 12.1. The van der Waals surface area contributed by atoms with Crippen molar-refractivity contribution >= 4 is 22.9 Å². The SMILES string of the molecule is CCOC(=O)/C(=C/c1cn(Cc2ccccc2)c2ccccc12)CC. The van der Waals surface area contributed by atoms with Gasteiger partial charge in [-0.05, 0) is 31.1 Å². The average molecular weight is 333 g/mol. The van der Waals surface area contributed by atoms with Gasteiger partial charge in [0.15, 0.2) is 0 Å². The molecule has 3 aromatic rings. The van der Waals surface area contributed by atoms with Gasteiger partial charge in [-0.25, -0.2) is 4.79 Å². The topological polar surface area (TPSA) is 31.2 Å². The molecule has 3 nitrogen and oxygen atoms in total. The fraction of sp³-hybridized carbons (Fsp3) is 0.227. The van der Waals surface area contributed by atoms with Crippen LogP contribution >= 0.6 is 0 Å². The predicted molar refractivity (Wildman–Crippen MR) is 102 cm³/mol. The second kappa shape index (κ2) is 7.84. The molecule has 0 saturated carbocycles. The fourth-order valence-electron chi connectivity index (χ4n) is 3.02. The van der Waals surface area contributed by atoms with Gasteiger partial charge in [0.05, 0.1) is 6.61 Å². The van der Waals surface area contributed by atoms with E-state index in [1.807, 2.05) is 38.1 Å². The number of carbonyl (C=O) groups is 1. The largest absolute Gasteiger partial charge is 0.463 e. The number of ether oxygens (including phenoxy) is 1. The van der Waals surface area contributed by atoms with Gasteiger partial charge >= 0.3 is 5.97 Å². The third kappa shape index (κ3) is 3.82. The zero-order valence-corrected chi connectivity index (χ0v) is 14.7. The molecule has 0 N–H and O–H groups in total. The van der Waals surface area contributed by atoms with Crippen LogP contribution in [0.4, 0.5) is 0 Å². The average Bonchev–Trinajstić information content (AvgIpc) is 2.98. The molecule has 3 heteroatoms. The van der Waals surface area contributed by atoms with E-state index < -0.39 is 0 Å². The van der Waals surface area contributed by atoms with Gasteiger partial charge in [-0.3, -0.25) is 0 Å². The number of fused-ring (bicyclic) bond motifs is 1. The van der Waals surface area contributed by atoms with Crippen molar-refractivity contribution in [1.82, 2.24) is 4.57 Å². The number of hydrogen-bond acceptors (Lipinski definition) is 2. The number of aromatic nitrogens is 1. The summed E-state index contributed by atoms with van der Waals surface area (Å²) >= 11 is 0. The Morgan fingerprint density at radius 3 is 2.48 bits per heavy atom. The standard InChI is InChI=1S/C22H23NO2/c1-3-18(22(24)25-4-2)14-19-16-23(15-17-10-6-5-7-11-17)21-13-9-8-12-20(19)21/h5-14,16H,3-4,15H2,1-2H3/b18-14+. The number of hydrogen-bond donors (Lipinski definition) is 0. The first-order chi connectivity index (χ1) is 12.2. The van der Waals surface area contributed by atoms with Crippen LogP contribution in [-0.2, 0) is 16.1 Å². The molecule has 1 heterocycles. The first-order valence-corrected chi connectivity index (χ1v) is 8.72. The van der Waals surface area contributed by atoms with Crippen molar-refractivity contribution in [2.75, 3.05) is 6.61 Å². The van der Waals surface area contributed by atoms with Crippen molar-refractivity contribution in [3.8, 4) is 0 Å². The summed E-state index contributed by atoms with van der Waals surface area (Å²) in [6.07, 6.45) is 4.73. The zero-order chi connectivity index (χ0) is 17.6. The van der Waals surface area contributed by atoms with E-state index >= 15 is 0 Å². The van der Waals surface area contributed by atoms with E-state index in [0.717, 1.165) is 23.0 Å². The molecular weight excluding hydrogens is 310 g/mol. The summed E-state index contributed by atoms with van der Waals surface area (Å²) in [5.41, 5.74) is 4.16. The number of esters is 1. The van der Waals surface area contributed by atoms with Gasteiger partial charge in [0, 0.05) is 34.8 Å². The predicted octanol–water partition coefficient (Wildman–Crippen LogP) is 5.05. The molecular formula is C22H23NO2. The molecule has 0 unspecified atom stereocenters. The highest BCUT2D eigenvalue weighted by Crippen LogP contribution is 2.25. The van der Waals surface area contributed by atoms with Gasteiger partial charge in [0.2, 0.25) is 0 Å². The Morgan fingerprint density at radius 2 is 1.76 bits per heavy atom. The first kappa shape index (κ1) is 17.0. The van der Waals surface area contributed by atoms with Crippen LogP contribution in [0.1, 0.15) is 31.4 Å². The van der Waals surface area contributed by atoms with Gasteiger partial charge < -0.3 is 9.30 Å². The number of nitrogens with zero attached hydrogens (tertiary/aromatic N) is 1. The molecule has 128 valence electrons. The lowest BCUT2D eigenvalue weighted by Gasteiger charge is -2.05. The Hall–Kier alpha value is -2.81. The molecule has 0 atom stereocenters. The second-order valence-electron chi connectivity index (χ2n) is 5.96. The van der Waals surface area contributed by atoms with E-state index in [4.69, 9.17) is 4.74 Å². The summed E-state index contributed by atoms with van der Waals surface area (Å²) in [7, 11) is 0. The minimum atomic E-state index is -0.232. The van der Waals surface area contributed by atoms with Crippen molar-refractivity contribution in [3.05, 3.63) is 77.5 Å². The Morgan fingerprint density at radius 1 is 1.04 bits per heavy atom. The van der Waals surface area contributed by atoms with E-state index in [-0.39, 0.29) is 5.97 Å².